The second-order valence-electron chi connectivity index (χ2n) is 3.25. The van der Waals surface area contributed by atoms with E-state index in [4.69, 9.17) is 11.6 Å². The third-order valence-electron chi connectivity index (χ3n) is 2.14. The van der Waals surface area contributed by atoms with Crippen LogP contribution in [0.5, 0.6) is 0 Å². The second kappa shape index (κ2) is 4.89. The minimum absolute atomic E-state index is 0.703. The summed E-state index contributed by atoms with van der Waals surface area (Å²) in [6, 6.07) is 5.67. The van der Waals surface area contributed by atoms with Crippen molar-refractivity contribution in [3.63, 3.8) is 0 Å². The van der Waals surface area contributed by atoms with Crippen LogP contribution in [-0.2, 0) is 0 Å². The fourth-order valence-corrected chi connectivity index (χ4v) is 2.06. The molecule has 84 valence electrons. The summed E-state index contributed by atoms with van der Waals surface area (Å²) in [4.78, 5) is 4.24. The molecule has 1 aromatic carbocycles. The van der Waals surface area contributed by atoms with Crippen molar-refractivity contribution in [1.29, 1.82) is 0 Å². The molecule has 3 nitrogen and oxygen atoms in total. The third-order valence-corrected chi connectivity index (χ3v) is 3.05. The highest BCUT2D eigenvalue weighted by molar-refractivity contribution is 9.10. The topological polar surface area (TPSA) is 29.9 Å². The number of aromatic nitrogens is 2. The average molecular weight is 301 g/mol. The van der Waals surface area contributed by atoms with Gasteiger partial charge in [0, 0.05) is 28.4 Å². The maximum absolute atomic E-state index is 5.99. The highest BCUT2D eigenvalue weighted by Gasteiger charge is 2.07. The lowest BCUT2D eigenvalue weighted by Gasteiger charge is -2.10. The molecule has 0 spiro atoms. The Balaban J connectivity index is 2.49. The number of anilines is 1. The van der Waals surface area contributed by atoms with Crippen molar-refractivity contribution in [3.8, 4) is 5.69 Å². The largest absolute Gasteiger partial charge is 0.356 e. The van der Waals surface area contributed by atoms with Crippen LogP contribution in [0.4, 0.5) is 5.95 Å². The Hall–Kier alpha value is -1.000. The first kappa shape index (κ1) is 11.5. The highest BCUT2D eigenvalue weighted by atomic mass is 79.9. The molecule has 1 N–H and O–H groups in total. The van der Waals surface area contributed by atoms with Crippen molar-refractivity contribution in [3.05, 3.63) is 40.1 Å². The molecule has 0 aliphatic rings. The van der Waals surface area contributed by atoms with E-state index in [-0.39, 0.29) is 0 Å². The van der Waals surface area contributed by atoms with Gasteiger partial charge in [0.25, 0.3) is 0 Å². The summed E-state index contributed by atoms with van der Waals surface area (Å²) in [5, 5.41) is 3.89. The van der Waals surface area contributed by atoms with Gasteiger partial charge < -0.3 is 5.32 Å². The van der Waals surface area contributed by atoms with Gasteiger partial charge in [-0.15, -0.1) is 0 Å². The molecule has 0 aliphatic heterocycles. The Morgan fingerprint density at radius 2 is 2.31 bits per heavy atom. The van der Waals surface area contributed by atoms with Crippen LogP contribution in [0.3, 0.4) is 0 Å². The van der Waals surface area contributed by atoms with Crippen LogP contribution in [0, 0.1) is 0 Å². The normalized spacial score (nSPS) is 10.4. The monoisotopic (exact) mass is 299 g/mol. The molecule has 0 saturated heterocycles. The lowest BCUT2D eigenvalue weighted by molar-refractivity contribution is 1.02. The van der Waals surface area contributed by atoms with Gasteiger partial charge in [0.2, 0.25) is 5.95 Å². The van der Waals surface area contributed by atoms with Crippen LogP contribution in [0.25, 0.3) is 5.69 Å². The quantitative estimate of drug-likeness (QED) is 0.936. The fourth-order valence-electron chi connectivity index (χ4n) is 1.46. The zero-order chi connectivity index (χ0) is 11.5. The predicted octanol–water partition coefficient (Wildman–Crippen LogP) is 3.72. The fraction of sp³-hybridized carbons (Fsp3) is 0.182. The SMILES string of the molecule is CCNc1nccn1-c1cc(Cl)ccc1Br. The van der Waals surface area contributed by atoms with E-state index < -0.39 is 0 Å². The molecule has 0 bridgehead atoms. The summed E-state index contributed by atoms with van der Waals surface area (Å²) >= 11 is 9.49. The molecule has 0 aliphatic carbocycles. The van der Waals surface area contributed by atoms with Gasteiger partial charge in [0.15, 0.2) is 0 Å². The van der Waals surface area contributed by atoms with E-state index in [9.17, 15) is 0 Å². The third kappa shape index (κ3) is 2.23. The van der Waals surface area contributed by atoms with Crippen molar-refractivity contribution in [2.75, 3.05) is 11.9 Å². The predicted molar refractivity (Wildman–Crippen MR) is 70.4 cm³/mol. The number of nitrogens with one attached hydrogen (secondary N) is 1. The Labute approximate surface area is 108 Å². The smallest absolute Gasteiger partial charge is 0.207 e. The van der Waals surface area contributed by atoms with Crippen molar-refractivity contribution in [1.82, 2.24) is 9.55 Å². The van der Waals surface area contributed by atoms with E-state index in [2.05, 4.69) is 26.2 Å². The molecule has 0 fully saturated rings. The molecule has 5 heteroatoms. The molecule has 0 amide bonds. The number of halogens is 2. The summed E-state index contributed by atoms with van der Waals surface area (Å²) in [6.07, 6.45) is 3.65. The molecular weight excluding hydrogens is 289 g/mol. The number of hydrogen-bond acceptors (Lipinski definition) is 2. The summed E-state index contributed by atoms with van der Waals surface area (Å²) in [5.41, 5.74) is 0.973. The van der Waals surface area contributed by atoms with Gasteiger partial charge >= 0.3 is 0 Å². The molecule has 2 rings (SSSR count). The number of nitrogens with zero attached hydrogens (tertiary/aromatic N) is 2. The zero-order valence-corrected chi connectivity index (χ0v) is 11.1. The summed E-state index contributed by atoms with van der Waals surface area (Å²) in [5.74, 6) is 0.811. The van der Waals surface area contributed by atoms with Crippen molar-refractivity contribution >= 4 is 33.5 Å². The van der Waals surface area contributed by atoms with Gasteiger partial charge in [-0.3, -0.25) is 4.57 Å². The van der Waals surface area contributed by atoms with Gasteiger partial charge in [-0.1, -0.05) is 11.6 Å². The lowest BCUT2D eigenvalue weighted by Crippen LogP contribution is -2.05. The summed E-state index contributed by atoms with van der Waals surface area (Å²) in [6.45, 7) is 2.86. The van der Waals surface area contributed by atoms with Crippen molar-refractivity contribution in [2.24, 2.45) is 0 Å². The second-order valence-corrected chi connectivity index (χ2v) is 4.54. The maximum atomic E-state index is 5.99. The number of hydrogen-bond donors (Lipinski definition) is 1. The van der Waals surface area contributed by atoms with E-state index in [1.807, 2.05) is 35.9 Å². The first-order valence-corrected chi connectivity index (χ1v) is 6.12. The minimum Gasteiger partial charge on any atom is -0.356 e. The van der Waals surface area contributed by atoms with E-state index in [0.29, 0.717) is 5.02 Å². The molecular formula is C11H11BrClN3. The van der Waals surface area contributed by atoms with Gasteiger partial charge in [-0.25, -0.2) is 4.98 Å². The number of rotatable bonds is 3. The molecule has 0 radical (unpaired) electrons. The van der Waals surface area contributed by atoms with E-state index >= 15 is 0 Å². The summed E-state index contributed by atoms with van der Waals surface area (Å²) in [7, 11) is 0. The van der Waals surface area contributed by atoms with Crippen LogP contribution in [0.2, 0.25) is 5.02 Å². The highest BCUT2D eigenvalue weighted by Crippen LogP contribution is 2.26. The standard InChI is InChI=1S/C11H11BrClN3/c1-2-14-11-15-5-6-16(11)10-7-8(13)3-4-9(10)12/h3-7H,2H2,1H3,(H,14,15). The van der Waals surface area contributed by atoms with Gasteiger partial charge in [-0.05, 0) is 41.1 Å². The van der Waals surface area contributed by atoms with E-state index in [0.717, 1.165) is 22.7 Å². The molecule has 2 aromatic rings. The van der Waals surface area contributed by atoms with Gasteiger partial charge in [-0.2, -0.15) is 0 Å². The molecule has 0 saturated carbocycles. The Bertz CT molecular complexity index is 496. The molecule has 0 unspecified atom stereocenters. The Morgan fingerprint density at radius 3 is 3.06 bits per heavy atom. The Kier molecular flexibility index (Phi) is 3.51. The van der Waals surface area contributed by atoms with Crippen LogP contribution in [0.1, 0.15) is 6.92 Å². The first-order chi connectivity index (χ1) is 7.72. The molecule has 1 heterocycles. The Morgan fingerprint density at radius 1 is 1.50 bits per heavy atom. The lowest BCUT2D eigenvalue weighted by atomic mass is 10.3. The zero-order valence-electron chi connectivity index (χ0n) is 8.74. The van der Waals surface area contributed by atoms with Crippen molar-refractivity contribution in [2.45, 2.75) is 6.92 Å². The van der Waals surface area contributed by atoms with Crippen molar-refractivity contribution < 1.29 is 0 Å². The van der Waals surface area contributed by atoms with Crippen LogP contribution in [0.15, 0.2) is 35.1 Å². The van der Waals surface area contributed by atoms with E-state index in [1.165, 1.54) is 0 Å². The first-order valence-electron chi connectivity index (χ1n) is 4.95. The van der Waals surface area contributed by atoms with E-state index in [1.54, 1.807) is 6.20 Å². The maximum Gasteiger partial charge on any atom is 0.207 e. The minimum atomic E-state index is 0.703. The summed E-state index contributed by atoms with van der Waals surface area (Å²) < 4.78 is 2.94. The molecule has 0 atom stereocenters. The van der Waals surface area contributed by atoms with Crippen LogP contribution in [-0.4, -0.2) is 16.1 Å². The number of imidazole rings is 1. The average Bonchev–Trinajstić information content (AvgIpc) is 2.70. The molecule has 16 heavy (non-hydrogen) atoms. The molecule has 1 aromatic heterocycles. The van der Waals surface area contributed by atoms with Gasteiger partial charge in [0.05, 0.1) is 5.69 Å². The van der Waals surface area contributed by atoms with Gasteiger partial charge in [0.1, 0.15) is 0 Å². The van der Waals surface area contributed by atoms with Crippen LogP contribution >= 0.6 is 27.5 Å². The number of benzene rings is 1. The van der Waals surface area contributed by atoms with Crippen LogP contribution < -0.4 is 5.32 Å².